The second kappa shape index (κ2) is 5.72. The molecule has 6 nitrogen and oxygen atoms in total. The zero-order valence-electron chi connectivity index (χ0n) is 10.5. The molecule has 0 fully saturated rings. The van der Waals surface area contributed by atoms with Gasteiger partial charge in [0, 0.05) is 0 Å². The van der Waals surface area contributed by atoms with Crippen LogP contribution in [-0.2, 0) is 0 Å². The number of rotatable bonds is 3. The number of aromatic hydroxyl groups is 2. The number of anilines is 1. The summed E-state index contributed by atoms with van der Waals surface area (Å²) in [6, 6.07) is 7.65. The van der Waals surface area contributed by atoms with E-state index in [4.69, 9.17) is 16.7 Å². The molecule has 7 heteroatoms. The van der Waals surface area contributed by atoms with Crippen LogP contribution in [-0.4, -0.2) is 27.2 Å². The van der Waals surface area contributed by atoms with Gasteiger partial charge in [-0.1, -0.05) is 17.7 Å². The van der Waals surface area contributed by atoms with Gasteiger partial charge in [0.1, 0.15) is 17.1 Å². The molecule has 0 bridgehead atoms. The Balaban J connectivity index is 2.36. The van der Waals surface area contributed by atoms with E-state index in [1.807, 2.05) is 0 Å². The van der Waals surface area contributed by atoms with Crippen molar-refractivity contribution in [3.63, 3.8) is 0 Å². The Morgan fingerprint density at radius 2 is 1.67 bits per heavy atom. The summed E-state index contributed by atoms with van der Waals surface area (Å²) >= 11 is 5.88. The number of benzene rings is 2. The maximum Gasteiger partial charge on any atom is 0.335 e. The van der Waals surface area contributed by atoms with Gasteiger partial charge in [-0.3, -0.25) is 4.79 Å². The van der Waals surface area contributed by atoms with E-state index >= 15 is 0 Å². The summed E-state index contributed by atoms with van der Waals surface area (Å²) in [4.78, 5) is 22.9. The lowest BCUT2D eigenvalue weighted by atomic mass is 10.1. The number of amides is 1. The number of halogens is 1. The van der Waals surface area contributed by atoms with Crippen molar-refractivity contribution in [2.45, 2.75) is 0 Å². The molecular weight excluding hydrogens is 298 g/mol. The predicted octanol–water partition coefficient (Wildman–Crippen LogP) is 2.70. The average molecular weight is 308 g/mol. The van der Waals surface area contributed by atoms with Crippen molar-refractivity contribution in [2.24, 2.45) is 0 Å². The molecule has 0 heterocycles. The van der Waals surface area contributed by atoms with Crippen molar-refractivity contribution in [3.8, 4) is 11.5 Å². The predicted molar refractivity (Wildman–Crippen MR) is 76.1 cm³/mol. The van der Waals surface area contributed by atoms with E-state index < -0.39 is 23.4 Å². The van der Waals surface area contributed by atoms with E-state index in [2.05, 4.69) is 5.32 Å². The maximum absolute atomic E-state index is 12.1. The van der Waals surface area contributed by atoms with E-state index in [1.54, 1.807) is 0 Å². The first-order valence-electron chi connectivity index (χ1n) is 5.75. The third-order valence-electron chi connectivity index (χ3n) is 2.71. The number of phenols is 2. The van der Waals surface area contributed by atoms with Gasteiger partial charge < -0.3 is 20.6 Å². The number of carbonyl (C=O) groups is 2. The smallest absolute Gasteiger partial charge is 0.335 e. The normalized spacial score (nSPS) is 10.1. The molecule has 0 aromatic heterocycles. The highest BCUT2D eigenvalue weighted by atomic mass is 35.5. The quantitative estimate of drug-likeness (QED) is 0.697. The topological polar surface area (TPSA) is 107 Å². The number of hydrogen-bond donors (Lipinski definition) is 4. The molecule has 0 saturated heterocycles. The van der Waals surface area contributed by atoms with Crippen molar-refractivity contribution >= 4 is 29.2 Å². The van der Waals surface area contributed by atoms with Crippen LogP contribution >= 0.6 is 11.6 Å². The Hall–Kier alpha value is -2.73. The van der Waals surface area contributed by atoms with Crippen LogP contribution in [0.15, 0.2) is 36.4 Å². The third kappa shape index (κ3) is 3.06. The Morgan fingerprint density at radius 3 is 2.24 bits per heavy atom. The highest BCUT2D eigenvalue weighted by Gasteiger charge is 2.18. The lowest BCUT2D eigenvalue weighted by Gasteiger charge is -2.10. The number of carboxylic acid groups (broad SMARTS) is 1. The maximum atomic E-state index is 12.1. The van der Waals surface area contributed by atoms with Gasteiger partial charge in [-0.05, 0) is 30.3 Å². The first kappa shape index (κ1) is 14.7. The van der Waals surface area contributed by atoms with Gasteiger partial charge in [0.05, 0.1) is 16.3 Å². The van der Waals surface area contributed by atoms with E-state index in [0.717, 1.165) is 0 Å². The van der Waals surface area contributed by atoms with Gasteiger partial charge in [0.15, 0.2) is 0 Å². The fourth-order valence-electron chi connectivity index (χ4n) is 1.70. The van der Waals surface area contributed by atoms with Crippen LogP contribution in [0.1, 0.15) is 20.7 Å². The average Bonchev–Trinajstić information content (AvgIpc) is 2.40. The highest BCUT2D eigenvalue weighted by molar-refractivity contribution is 6.34. The van der Waals surface area contributed by atoms with Crippen molar-refractivity contribution in [2.75, 3.05) is 5.32 Å². The number of carboxylic acids is 1. The molecule has 0 unspecified atom stereocenters. The SMILES string of the molecule is O=C(O)c1ccc(Cl)c(NC(=O)c2c(O)cccc2O)c1. The number of hydrogen-bond acceptors (Lipinski definition) is 4. The van der Waals surface area contributed by atoms with E-state index in [0.29, 0.717) is 0 Å². The van der Waals surface area contributed by atoms with E-state index in [1.165, 1.54) is 36.4 Å². The van der Waals surface area contributed by atoms with Crippen molar-refractivity contribution in [3.05, 3.63) is 52.5 Å². The molecule has 2 aromatic carbocycles. The molecule has 2 rings (SSSR count). The first-order valence-corrected chi connectivity index (χ1v) is 6.13. The second-order valence-corrected chi connectivity index (χ2v) is 4.53. The largest absolute Gasteiger partial charge is 0.507 e. The summed E-state index contributed by atoms with van der Waals surface area (Å²) in [5, 5.41) is 30.6. The number of phenolic OH excluding ortho intramolecular Hbond substituents is 2. The van der Waals surface area contributed by atoms with Crippen molar-refractivity contribution < 1.29 is 24.9 Å². The monoisotopic (exact) mass is 307 g/mol. The van der Waals surface area contributed by atoms with Gasteiger partial charge in [0.2, 0.25) is 0 Å². The molecule has 0 aliphatic heterocycles. The molecule has 4 N–H and O–H groups in total. The number of carbonyl (C=O) groups excluding carboxylic acids is 1. The molecule has 0 spiro atoms. The van der Waals surface area contributed by atoms with E-state index in [9.17, 15) is 19.8 Å². The molecule has 0 aliphatic carbocycles. The Labute approximate surface area is 124 Å². The second-order valence-electron chi connectivity index (χ2n) is 4.13. The Bertz CT molecular complexity index is 709. The number of nitrogens with one attached hydrogen (secondary N) is 1. The van der Waals surface area contributed by atoms with Crippen LogP contribution < -0.4 is 5.32 Å². The van der Waals surface area contributed by atoms with Crippen LogP contribution in [0, 0.1) is 0 Å². The fraction of sp³-hybridized carbons (Fsp3) is 0. The van der Waals surface area contributed by atoms with Gasteiger partial charge in [-0.2, -0.15) is 0 Å². The summed E-state index contributed by atoms with van der Waals surface area (Å²) in [7, 11) is 0. The Morgan fingerprint density at radius 1 is 1.05 bits per heavy atom. The van der Waals surface area contributed by atoms with Crippen LogP contribution in [0.2, 0.25) is 5.02 Å². The molecule has 1 amide bonds. The fourth-order valence-corrected chi connectivity index (χ4v) is 1.86. The number of aromatic carboxylic acids is 1. The van der Waals surface area contributed by atoms with Crippen molar-refractivity contribution in [1.29, 1.82) is 0 Å². The van der Waals surface area contributed by atoms with Gasteiger partial charge in [-0.25, -0.2) is 4.79 Å². The van der Waals surface area contributed by atoms with Crippen LogP contribution in [0.5, 0.6) is 11.5 Å². The highest BCUT2D eigenvalue weighted by Crippen LogP contribution is 2.29. The van der Waals surface area contributed by atoms with Gasteiger partial charge in [0.25, 0.3) is 5.91 Å². The minimum absolute atomic E-state index is 0.0591. The summed E-state index contributed by atoms with van der Waals surface area (Å²) in [5.74, 6) is -2.79. The van der Waals surface area contributed by atoms with Gasteiger partial charge in [-0.15, -0.1) is 0 Å². The minimum Gasteiger partial charge on any atom is -0.507 e. The lowest BCUT2D eigenvalue weighted by molar-refractivity contribution is 0.0696. The van der Waals surface area contributed by atoms with Crippen LogP contribution in [0.3, 0.4) is 0 Å². The zero-order chi connectivity index (χ0) is 15.6. The molecule has 0 radical (unpaired) electrons. The summed E-state index contributed by atoms with van der Waals surface area (Å²) < 4.78 is 0. The zero-order valence-corrected chi connectivity index (χ0v) is 11.3. The summed E-state index contributed by atoms with van der Waals surface area (Å²) in [6.45, 7) is 0. The first-order chi connectivity index (χ1) is 9.90. The minimum atomic E-state index is -1.17. The molecule has 2 aromatic rings. The third-order valence-corrected chi connectivity index (χ3v) is 3.04. The van der Waals surface area contributed by atoms with Crippen LogP contribution in [0.25, 0.3) is 0 Å². The molecule has 108 valence electrons. The lowest BCUT2D eigenvalue weighted by Crippen LogP contribution is -2.13. The molecule has 0 aliphatic rings. The molecule has 0 saturated carbocycles. The Kier molecular flexibility index (Phi) is 4.00. The standard InChI is InChI=1S/C14H10ClNO5/c15-8-5-4-7(14(20)21)6-9(8)16-13(19)12-10(17)2-1-3-11(12)18/h1-6,17-18H,(H,16,19)(H,20,21). The molecular formula is C14H10ClNO5. The van der Waals surface area contributed by atoms with E-state index in [-0.39, 0.29) is 21.8 Å². The van der Waals surface area contributed by atoms with Crippen LogP contribution in [0.4, 0.5) is 5.69 Å². The summed E-state index contributed by atoms with van der Waals surface area (Å²) in [5.41, 5.74) is -0.324. The van der Waals surface area contributed by atoms with Crippen molar-refractivity contribution in [1.82, 2.24) is 0 Å². The van der Waals surface area contributed by atoms with Gasteiger partial charge >= 0.3 is 5.97 Å². The summed E-state index contributed by atoms with van der Waals surface area (Å²) in [6.07, 6.45) is 0. The molecule has 21 heavy (non-hydrogen) atoms. The molecule has 0 atom stereocenters.